The minimum absolute atomic E-state index is 0.142. The number of carboxylic acids is 1. The lowest BCUT2D eigenvalue weighted by Crippen LogP contribution is -2.46. The fourth-order valence-electron chi connectivity index (χ4n) is 2.02. The summed E-state index contributed by atoms with van der Waals surface area (Å²) in [5.41, 5.74) is 2.03. The van der Waals surface area contributed by atoms with Crippen LogP contribution in [0.5, 0.6) is 0 Å². The number of carbonyl (C=O) groups is 2. The maximum absolute atomic E-state index is 12.3. The molecule has 22 heavy (non-hydrogen) atoms. The molecule has 0 aliphatic carbocycles. The van der Waals surface area contributed by atoms with Crippen molar-refractivity contribution in [3.05, 3.63) is 40.3 Å². The van der Waals surface area contributed by atoms with E-state index in [0.29, 0.717) is 4.91 Å². The lowest BCUT2D eigenvalue weighted by Gasteiger charge is -2.20. The summed E-state index contributed by atoms with van der Waals surface area (Å²) in [6.07, 6.45) is 2.61. The van der Waals surface area contributed by atoms with Crippen LogP contribution in [0.25, 0.3) is 6.08 Å². The van der Waals surface area contributed by atoms with Crippen LogP contribution in [0.4, 0.5) is 0 Å². The third-order valence-electron chi connectivity index (χ3n) is 3.28. The summed E-state index contributed by atoms with van der Waals surface area (Å²) in [6.45, 7) is 1.38. The normalized spacial score (nSPS) is 18.1. The number of amides is 1. The van der Waals surface area contributed by atoms with E-state index in [1.165, 1.54) is 5.56 Å². The Balaban J connectivity index is 2.26. The van der Waals surface area contributed by atoms with Crippen LogP contribution in [0, 0.1) is 0 Å². The molecule has 1 fully saturated rings. The number of aliphatic carboxylic acids is 1. The van der Waals surface area contributed by atoms with Crippen molar-refractivity contribution in [3.63, 3.8) is 0 Å². The molecule has 116 valence electrons. The van der Waals surface area contributed by atoms with Gasteiger partial charge in [0.2, 0.25) is 0 Å². The highest BCUT2D eigenvalue weighted by Gasteiger charge is 2.40. The van der Waals surface area contributed by atoms with Gasteiger partial charge in [0.1, 0.15) is 4.32 Å². The summed E-state index contributed by atoms with van der Waals surface area (Å²) in [5, 5.41) is 18.2. The zero-order valence-electron chi connectivity index (χ0n) is 11.9. The van der Waals surface area contributed by atoms with Gasteiger partial charge in [-0.1, -0.05) is 55.2 Å². The van der Waals surface area contributed by atoms with Crippen LogP contribution < -0.4 is 0 Å². The average Bonchev–Trinajstić information content (AvgIpc) is 2.76. The highest BCUT2D eigenvalue weighted by atomic mass is 32.2. The molecule has 1 aromatic rings. The number of benzene rings is 1. The van der Waals surface area contributed by atoms with Crippen LogP contribution in [-0.4, -0.2) is 44.0 Å². The van der Waals surface area contributed by atoms with Crippen molar-refractivity contribution in [3.8, 4) is 0 Å². The number of carboxylic acid groups (broad SMARTS) is 1. The summed E-state index contributed by atoms with van der Waals surface area (Å²) in [7, 11) is 0. The number of aliphatic hydroxyl groups excluding tert-OH is 1. The number of rotatable bonds is 5. The minimum Gasteiger partial charge on any atom is -0.480 e. The van der Waals surface area contributed by atoms with E-state index in [9.17, 15) is 9.59 Å². The van der Waals surface area contributed by atoms with Crippen LogP contribution in [0.1, 0.15) is 18.1 Å². The topological polar surface area (TPSA) is 77.8 Å². The van der Waals surface area contributed by atoms with E-state index >= 15 is 0 Å². The number of aryl methyl sites for hydroxylation is 1. The van der Waals surface area contributed by atoms with Crippen molar-refractivity contribution in [2.75, 3.05) is 6.61 Å². The van der Waals surface area contributed by atoms with E-state index in [-0.39, 0.29) is 4.32 Å². The molecule has 0 spiro atoms. The number of hydrogen-bond acceptors (Lipinski definition) is 5. The molecule has 0 aromatic heterocycles. The maximum Gasteiger partial charge on any atom is 0.329 e. The fourth-order valence-corrected chi connectivity index (χ4v) is 3.38. The molecule has 1 saturated heterocycles. The van der Waals surface area contributed by atoms with E-state index in [1.54, 1.807) is 6.08 Å². The number of carbonyl (C=O) groups excluding carboxylic acids is 1. The summed E-state index contributed by atoms with van der Waals surface area (Å²) < 4.78 is 0.142. The van der Waals surface area contributed by atoms with Gasteiger partial charge in [0.15, 0.2) is 6.04 Å². The number of hydrogen-bond donors (Lipinski definition) is 2. The molecule has 1 atom stereocenters. The highest BCUT2D eigenvalue weighted by Crippen LogP contribution is 2.34. The van der Waals surface area contributed by atoms with Crippen LogP contribution in [-0.2, 0) is 16.0 Å². The van der Waals surface area contributed by atoms with Crippen molar-refractivity contribution >= 4 is 46.3 Å². The van der Waals surface area contributed by atoms with E-state index in [4.69, 9.17) is 22.4 Å². The predicted octanol–water partition coefficient (Wildman–Crippen LogP) is 1.90. The van der Waals surface area contributed by atoms with E-state index in [2.05, 4.69) is 6.92 Å². The molecule has 5 nitrogen and oxygen atoms in total. The molecule has 2 N–H and O–H groups in total. The molecular weight excluding hydrogens is 322 g/mol. The second-order valence-electron chi connectivity index (χ2n) is 4.68. The van der Waals surface area contributed by atoms with Gasteiger partial charge in [0.25, 0.3) is 5.91 Å². The molecule has 1 amide bonds. The molecule has 2 rings (SSSR count). The Morgan fingerprint density at radius 3 is 2.55 bits per heavy atom. The SMILES string of the molecule is CCc1ccc(C=C2SC(=S)N(C(CO)C(=O)O)C2=O)cc1. The molecule has 0 radical (unpaired) electrons. The predicted molar refractivity (Wildman–Crippen MR) is 89.3 cm³/mol. The summed E-state index contributed by atoms with van der Waals surface area (Å²) in [6, 6.07) is 6.39. The Hall–Kier alpha value is -1.70. The molecule has 0 saturated carbocycles. The first kappa shape index (κ1) is 16.7. The van der Waals surface area contributed by atoms with Crippen LogP contribution in [0.2, 0.25) is 0 Å². The number of thioether (sulfide) groups is 1. The highest BCUT2D eigenvalue weighted by molar-refractivity contribution is 8.26. The van der Waals surface area contributed by atoms with Gasteiger partial charge < -0.3 is 10.2 Å². The minimum atomic E-state index is -1.35. The molecule has 7 heteroatoms. The first-order valence-corrected chi connectivity index (χ1v) is 7.90. The van der Waals surface area contributed by atoms with Gasteiger partial charge in [-0.25, -0.2) is 4.79 Å². The van der Waals surface area contributed by atoms with Crippen molar-refractivity contribution in [1.82, 2.24) is 4.90 Å². The van der Waals surface area contributed by atoms with Crippen molar-refractivity contribution in [2.45, 2.75) is 19.4 Å². The van der Waals surface area contributed by atoms with Crippen LogP contribution >= 0.6 is 24.0 Å². The lowest BCUT2D eigenvalue weighted by molar-refractivity contribution is -0.146. The van der Waals surface area contributed by atoms with E-state index < -0.39 is 24.5 Å². The molecule has 0 bridgehead atoms. The molecular formula is C15H15NO4S2. The molecule has 1 heterocycles. The van der Waals surface area contributed by atoms with Crippen LogP contribution in [0.3, 0.4) is 0 Å². The number of nitrogens with zero attached hydrogens (tertiary/aromatic N) is 1. The molecule has 1 aliphatic rings. The van der Waals surface area contributed by atoms with E-state index in [1.807, 2.05) is 24.3 Å². The van der Waals surface area contributed by atoms with Crippen molar-refractivity contribution in [2.24, 2.45) is 0 Å². The zero-order chi connectivity index (χ0) is 16.3. The first-order chi connectivity index (χ1) is 10.5. The second-order valence-corrected chi connectivity index (χ2v) is 6.36. The Bertz CT molecular complexity index is 639. The quantitative estimate of drug-likeness (QED) is 0.631. The lowest BCUT2D eigenvalue weighted by atomic mass is 10.1. The van der Waals surface area contributed by atoms with Gasteiger partial charge in [-0.3, -0.25) is 9.69 Å². The van der Waals surface area contributed by atoms with Gasteiger partial charge in [-0.15, -0.1) is 0 Å². The summed E-state index contributed by atoms with van der Waals surface area (Å²) in [5.74, 6) is -1.77. The number of aliphatic hydroxyl groups is 1. The first-order valence-electron chi connectivity index (χ1n) is 6.67. The molecule has 1 aliphatic heterocycles. The maximum atomic E-state index is 12.3. The van der Waals surface area contributed by atoms with E-state index in [0.717, 1.165) is 28.6 Å². The standard InChI is InChI=1S/C15H15NO4S2/c1-2-9-3-5-10(6-4-9)7-12-13(18)16(15(21)22-12)11(8-17)14(19)20/h3-7,11,17H,2,8H2,1H3,(H,19,20). The monoisotopic (exact) mass is 337 g/mol. The zero-order valence-corrected chi connectivity index (χ0v) is 13.5. The largest absolute Gasteiger partial charge is 0.480 e. The smallest absolute Gasteiger partial charge is 0.329 e. The average molecular weight is 337 g/mol. The Kier molecular flexibility index (Phi) is 5.33. The van der Waals surface area contributed by atoms with Gasteiger partial charge in [0, 0.05) is 0 Å². The Labute approximate surface area is 137 Å². The van der Waals surface area contributed by atoms with Gasteiger partial charge >= 0.3 is 5.97 Å². The Morgan fingerprint density at radius 1 is 1.41 bits per heavy atom. The van der Waals surface area contributed by atoms with Gasteiger partial charge in [-0.05, 0) is 23.6 Å². The van der Waals surface area contributed by atoms with Crippen molar-refractivity contribution in [1.29, 1.82) is 0 Å². The number of thiocarbonyl (C=S) groups is 1. The summed E-state index contributed by atoms with van der Waals surface area (Å²) >= 11 is 6.11. The van der Waals surface area contributed by atoms with Gasteiger partial charge in [-0.2, -0.15) is 0 Å². The van der Waals surface area contributed by atoms with Crippen LogP contribution in [0.15, 0.2) is 29.2 Å². The van der Waals surface area contributed by atoms with Gasteiger partial charge in [0.05, 0.1) is 11.5 Å². The third kappa shape index (κ3) is 3.37. The summed E-state index contributed by atoms with van der Waals surface area (Å²) in [4.78, 5) is 24.7. The fraction of sp³-hybridized carbons (Fsp3) is 0.267. The molecule has 1 aromatic carbocycles. The second kappa shape index (κ2) is 7.04. The Morgan fingerprint density at radius 2 is 2.05 bits per heavy atom. The third-order valence-corrected chi connectivity index (χ3v) is 4.61. The molecule has 1 unspecified atom stereocenters. The van der Waals surface area contributed by atoms with Crippen molar-refractivity contribution < 1.29 is 19.8 Å².